The van der Waals surface area contributed by atoms with E-state index in [0.29, 0.717) is 5.92 Å². The molecule has 2 fully saturated rings. The van der Waals surface area contributed by atoms with E-state index in [1.807, 2.05) is 6.07 Å². The lowest BCUT2D eigenvalue weighted by atomic mass is 9.86. The number of aromatic amines is 1. The first-order valence-corrected chi connectivity index (χ1v) is 9.83. The van der Waals surface area contributed by atoms with Crippen molar-refractivity contribution in [2.24, 2.45) is 10.9 Å². The number of aliphatic imine (C=N–C) groups is 1. The number of nitrogens with zero attached hydrogens (tertiary/aromatic N) is 2. The maximum Gasteiger partial charge on any atom is 0.244 e. The molecule has 1 aromatic heterocycles. The smallest absolute Gasteiger partial charge is 0.244 e. The summed E-state index contributed by atoms with van der Waals surface area (Å²) in [6, 6.07) is 9.08. The Morgan fingerprint density at radius 2 is 2.12 bits per heavy atom. The lowest BCUT2D eigenvalue weighted by molar-refractivity contribution is 0.0885. The summed E-state index contributed by atoms with van der Waals surface area (Å²) < 4.78 is 0. The van der Waals surface area contributed by atoms with Crippen LogP contribution >= 0.6 is 0 Å². The quantitative estimate of drug-likeness (QED) is 0.865. The summed E-state index contributed by atoms with van der Waals surface area (Å²) in [6.45, 7) is 4.58. The highest BCUT2D eigenvalue weighted by molar-refractivity contribution is 6.11. The van der Waals surface area contributed by atoms with Crippen LogP contribution in [0.25, 0.3) is 10.9 Å². The Bertz CT molecular complexity index is 881. The van der Waals surface area contributed by atoms with E-state index in [1.165, 1.54) is 50.6 Å². The van der Waals surface area contributed by atoms with E-state index >= 15 is 0 Å². The van der Waals surface area contributed by atoms with Gasteiger partial charge in [-0.3, -0.25) is 0 Å². The number of aromatic nitrogens is 1. The minimum atomic E-state index is 0.568. The summed E-state index contributed by atoms with van der Waals surface area (Å²) in [7, 11) is 0. The Balaban J connectivity index is 1.38. The van der Waals surface area contributed by atoms with Gasteiger partial charge in [0.15, 0.2) is 5.84 Å². The molecule has 3 aliphatic rings. The molecule has 2 N–H and O–H groups in total. The monoisotopic (exact) mass is 350 g/mol. The van der Waals surface area contributed by atoms with Crippen molar-refractivity contribution in [3.63, 3.8) is 0 Å². The Morgan fingerprint density at radius 3 is 3.08 bits per heavy atom. The van der Waals surface area contributed by atoms with Gasteiger partial charge in [-0.25, -0.2) is 5.48 Å². The zero-order valence-electron chi connectivity index (χ0n) is 15.3. The van der Waals surface area contributed by atoms with Gasteiger partial charge >= 0.3 is 0 Å². The minimum absolute atomic E-state index is 0.568. The van der Waals surface area contributed by atoms with Gasteiger partial charge in [0.2, 0.25) is 5.88 Å². The predicted octanol–water partition coefficient (Wildman–Crippen LogP) is 3.86. The fourth-order valence-corrected chi connectivity index (χ4v) is 4.79. The number of H-pyrrole nitrogens is 1. The summed E-state index contributed by atoms with van der Waals surface area (Å²) in [5, 5.41) is 1.18. The molecular weight excluding hydrogens is 324 g/mol. The maximum absolute atomic E-state index is 5.71. The van der Waals surface area contributed by atoms with E-state index < -0.39 is 0 Å². The average Bonchev–Trinajstić information content (AvgIpc) is 3.24. The van der Waals surface area contributed by atoms with Gasteiger partial charge in [0.1, 0.15) is 0 Å². The number of hydroxylamine groups is 1. The molecule has 0 radical (unpaired) electrons. The van der Waals surface area contributed by atoms with Gasteiger partial charge in [0, 0.05) is 28.2 Å². The van der Waals surface area contributed by atoms with Crippen LogP contribution in [0.5, 0.6) is 0 Å². The average molecular weight is 350 g/mol. The summed E-state index contributed by atoms with van der Waals surface area (Å²) in [5.41, 5.74) is 6.38. The van der Waals surface area contributed by atoms with Crippen LogP contribution in [0.15, 0.2) is 41.2 Å². The second kappa shape index (κ2) is 6.47. The molecule has 0 amide bonds. The molecule has 0 bridgehead atoms. The number of piperidine rings is 2. The third kappa shape index (κ3) is 2.80. The molecule has 5 heteroatoms. The number of aryl methyl sites for hydroxylation is 1. The lowest BCUT2D eigenvalue weighted by Crippen LogP contribution is -2.45. The van der Waals surface area contributed by atoms with Gasteiger partial charge in [0.25, 0.3) is 0 Å². The number of nitrogens with one attached hydrogen (secondary N) is 2. The summed E-state index contributed by atoms with van der Waals surface area (Å²) in [4.78, 5) is 16.6. The molecule has 3 aliphatic heterocycles. The van der Waals surface area contributed by atoms with Crippen LogP contribution in [-0.2, 0) is 4.84 Å². The van der Waals surface area contributed by atoms with E-state index in [-0.39, 0.29) is 0 Å². The molecule has 0 aliphatic carbocycles. The predicted molar refractivity (Wildman–Crippen MR) is 104 cm³/mol. The van der Waals surface area contributed by atoms with Crippen molar-refractivity contribution in [2.75, 3.05) is 13.1 Å². The van der Waals surface area contributed by atoms with E-state index in [9.17, 15) is 0 Å². The Kier molecular flexibility index (Phi) is 3.97. The van der Waals surface area contributed by atoms with Crippen molar-refractivity contribution in [3.05, 3.63) is 47.5 Å². The van der Waals surface area contributed by atoms with Gasteiger partial charge in [0.05, 0.1) is 0 Å². The molecule has 0 saturated carbocycles. The van der Waals surface area contributed by atoms with Crippen LogP contribution in [0, 0.1) is 12.8 Å². The number of benzene rings is 1. The van der Waals surface area contributed by atoms with E-state index in [4.69, 9.17) is 9.83 Å². The largest absolute Gasteiger partial charge is 0.360 e. The summed E-state index contributed by atoms with van der Waals surface area (Å²) >= 11 is 0. The second-order valence-electron chi connectivity index (χ2n) is 7.81. The highest BCUT2D eigenvalue weighted by Crippen LogP contribution is 2.32. The van der Waals surface area contributed by atoms with E-state index in [1.54, 1.807) is 0 Å². The van der Waals surface area contributed by atoms with Crippen molar-refractivity contribution in [1.82, 2.24) is 15.4 Å². The Hall–Kier alpha value is -2.27. The van der Waals surface area contributed by atoms with Gasteiger partial charge < -0.3 is 14.7 Å². The Labute approximate surface area is 154 Å². The fraction of sp³-hybridized carbons (Fsp3) is 0.476. The number of rotatable bonds is 2. The summed E-state index contributed by atoms with van der Waals surface area (Å²) in [5.74, 6) is 2.10. The first kappa shape index (κ1) is 15.9. The molecular formula is C21H26N4O. The number of hydrogen-bond acceptors (Lipinski definition) is 4. The van der Waals surface area contributed by atoms with Gasteiger partial charge in [-0.15, -0.1) is 0 Å². The van der Waals surface area contributed by atoms with Gasteiger partial charge in [-0.05, 0) is 63.8 Å². The maximum atomic E-state index is 5.71. The zero-order chi connectivity index (χ0) is 17.5. The Morgan fingerprint density at radius 1 is 1.19 bits per heavy atom. The zero-order valence-corrected chi connectivity index (χ0v) is 15.3. The second-order valence-corrected chi connectivity index (χ2v) is 7.81. The van der Waals surface area contributed by atoms with E-state index in [2.05, 4.69) is 46.6 Å². The molecule has 4 heterocycles. The molecule has 2 aromatic rings. The third-order valence-electron chi connectivity index (χ3n) is 6.09. The van der Waals surface area contributed by atoms with Crippen LogP contribution in [0.1, 0.15) is 43.4 Å². The number of hydrogen-bond donors (Lipinski definition) is 2. The van der Waals surface area contributed by atoms with Crippen molar-refractivity contribution >= 4 is 16.7 Å². The van der Waals surface area contributed by atoms with Crippen LogP contribution < -0.4 is 5.48 Å². The normalized spacial score (nSPS) is 27.9. The van der Waals surface area contributed by atoms with Crippen molar-refractivity contribution in [2.45, 2.75) is 45.1 Å². The molecule has 5 nitrogen and oxygen atoms in total. The van der Waals surface area contributed by atoms with Crippen molar-refractivity contribution in [1.29, 1.82) is 0 Å². The minimum Gasteiger partial charge on any atom is -0.360 e. The number of fused-ring (bicyclic) bond motifs is 2. The van der Waals surface area contributed by atoms with Crippen LogP contribution in [0.4, 0.5) is 0 Å². The van der Waals surface area contributed by atoms with Crippen LogP contribution in [0.3, 0.4) is 0 Å². The lowest BCUT2D eigenvalue weighted by Gasteiger charge is -2.41. The molecule has 136 valence electrons. The van der Waals surface area contributed by atoms with Gasteiger partial charge in [-0.2, -0.15) is 4.99 Å². The van der Waals surface area contributed by atoms with Gasteiger partial charge in [-0.1, -0.05) is 24.6 Å². The topological polar surface area (TPSA) is 52.7 Å². The van der Waals surface area contributed by atoms with Crippen LogP contribution in [-0.4, -0.2) is 34.9 Å². The highest BCUT2D eigenvalue weighted by atomic mass is 16.7. The van der Waals surface area contributed by atoms with Crippen LogP contribution in [0.2, 0.25) is 0 Å². The third-order valence-corrected chi connectivity index (χ3v) is 6.09. The van der Waals surface area contributed by atoms with E-state index in [0.717, 1.165) is 34.5 Å². The molecule has 0 spiro atoms. The number of allylic oxidation sites excluding steroid dienone is 1. The molecule has 1 aromatic carbocycles. The van der Waals surface area contributed by atoms with Crippen molar-refractivity contribution in [3.8, 4) is 0 Å². The first-order chi connectivity index (χ1) is 12.8. The number of para-hydroxylation sites is 1. The molecule has 2 unspecified atom stereocenters. The molecule has 2 atom stereocenters. The molecule has 26 heavy (non-hydrogen) atoms. The fourth-order valence-electron chi connectivity index (χ4n) is 4.79. The first-order valence-electron chi connectivity index (χ1n) is 9.83. The standard InChI is InChI=1S/C21H26N4O/c1-14-20(17-7-2-3-8-18(17)22-14)21-23-19(26-24-21)13-15-9-11-25-10-5-4-6-16(25)12-15/h2-3,7-8,13,15-16,22H,4-6,9-12H2,1H3,(H,23,24). The SMILES string of the molecule is Cc1[nH]c2ccccc2c1C1=NC(=CC2CCN3CCCCC3C2)ON1. The van der Waals surface area contributed by atoms with Crippen molar-refractivity contribution < 1.29 is 4.84 Å². The molecule has 2 saturated heterocycles. The summed E-state index contributed by atoms with van der Waals surface area (Å²) in [6.07, 6.45) is 8.78. The highest BCUT2D eigenvalue weighted by Gasteiger charge is 2.30. The molecule has 5 rings (SSSR count). The number of amidine groups is 1.